The molecule has 0 radical (unpaired) electrons. The van der Waals surface area contributed by atoms with Crippen molar-refractivity contribution >= 4 is 12.1 Å². The number of carbonyl (C=O) groups excluding carboxylic acids is 1. The molecule has 92 valence electrons. The Morgan fingerprint density at radius 2 is 2.28 bits per heavy atom. The zero-order chi connectivity index (χ0) is 13.0. The van der Waals surface area contributed by atoms with Crippen LogP contribution in [-0.2, 0) is 0 Å². The van der Waals surface area contributed by atoms with Gasteiger partial charge in [-0.3, -0.25) is 9.78 Å². The van der Waals surface area contributed by atoms with Gasteiger partial charge in [-0.15, -0.1) is 0 Å². The highest BCUT2D eigenvalue weighted by Crippen LogP contribution is 2.13. The average Bonchev–Trinajstić information content (AvgIpc) is 2.70. The zero-order valence-electron chi connectivity index (χ0n) is 10.2. The van der Waals surface area contributed by atoms with Gasteiger partial charge in [-0.05, 0) is 32.0 Å². The Balaban J connectivity index is 2.01. The third kappa shape index (κ3) is 2.82. The SMILES string of the molecule is Cc1cc(C(=O)N/N=C/c2ccccn2)c(C)o1. The van der Waals surface area contributed by atoms with Crippen molar-refractivity contribution in [3.8, 4) is 0 Å². The third-order valence-electron chi connectivity index (χ3n) is 2.34. The van der Waals surface area contributed by atoms with E-state index in [0.29, 0.717) is 22.8 Å². The van der Waals surface area contributed by atoms with Crippen LogP contribution in [0.3, 0.4) is 0 Å². The molecule has 2 aromatic heterocycles. The Morgan fingerprint density at radius 1 is 1.44 bits per heavy atom. The molecule has 2 rings (SSSR count). The van der Waals surface area contributed by atoms with Crippen molar-refractivity contribution in [1.29, 1.82) is 0 Å². The fourth-order valence-corrected chi connectivity index (χ4v) is 1.53. The second kappa shape index (κ2) is 5.27. The number of pyridine rings is 1. The summed E-state index contributed by atoms with van der Waals surface area (Å²) in [4.78, 5) is 15.8. The molecule has 2 aromatic rings. The largest absolute Gasteiger partial charge is 0.466 e. The van der Waals surface area contributed by atoms with E-state index in [2.05, 4.69) is 15.5 Å². The van der Waals surface area contributed by atoms with Crippen LogP contribution >= 0.6 is 0 Å². The summed E-state index contributed by atoms with van der Waals surface area (Å²) < 4.78 is 5.28. The van der Waals surface area contributed by atoms with Crippen molar-refractivity contribution in [3.05, 3.63) is 53.2 Å². The molecule has 0 aliphatic rings. The van der Waals surface area contributed by atoms with Crippen LogP contribution < -0.4 is 5.43 Å². The first-order valence-electron chi connectivity index (χ1n) is 5.48. The molecule has 18 heavy (non-hydrogen) atoms. The summed E-state index contributed by atoms with van der Waals surface area (Å²) in [6.45, 7) is 3.53. The van der Waals surface area contributed by atoms with E-state index in [4.69, 9.17) is 4.42 Å². The molecule has 1 N–H and O–H groups in total. The first-order chi connectivity index (χ1) is 8.66. The van der Waals surface area contributed by atoms with E-state index in [1.165, 1.54) is 6.21 Å². The van der Waals surface area contributed by atoms with Crippen molar-refractivity contribution < 1.29 is 9.21 Å². The lowest BCUT2D eigenvalue weighted by Gasteiger charge is -1.96. The number of amides is 1. The van der Waals surface area contributed by atoms with E-state index in [1.807, 2.05) is 12.1 Å². The molecule has 0 aromatic carbocycles. The number of hydrogen-bond acceptors (Lipinski definition) is 4. The Bertz CT molecular complexity index is 573. The summed E-state index contributed by atoms with van der Waals surface area (Å²) in [5.74, 6) is 0.987. The van der Waals surface area contributed by atoms with E-state index in [9.17, 15) is 4.79 Å². The molecular weight excluding hydrogens is 230 g/mol. The van der Waals surface area contributed by atoms with Crippen molar-refractivity contribution in [2.24, 2.45) is 5.10 Å². The second-order valence-electron chi connectivity index (χ2n) is 3.78. The second-order valence-corrected chi connectivity index (χ2v) is 3.78. The quantitative estimate of drug-likeness (QED) is 0.662. The Labute approximate surface area is 105 Å². The van der Waals surface area contributed by atoms with Gasteiger partial charge in [0.15, 0.2) is 0 Å². The molecule has 0 unspecified atom stereocenters. The van der Waals surface area contributed by atoms with Crippen molar-refractivity contribution in [2.45, 2.75) is 13.8 Å². The average molecular weight is 243 g/mol. The molecule has 0 atom stereocenters. The minimum absolute atomic E-state index is 0.295. The van der Waals surface area contributed by atoms with Crippen LogP contribution in [0.2, 0.25) is 0 Å². The minimum atomic E-state index is -0.295. The van der Waals surface area contributed by atoms with Crippen LogP contribution in [-0.4, -0.2) is 17.1 Å². The number of aryl methyl sites for hydroxylation is 2. The van der Waals surface area contributed by atoms with Gasteiger partial charge in [0.2, 0.25) is 0 Å². The van der Waals surface area contributed by atoms with Crippen LogP contribution in [0.15, 0.2) is 40.0 Å². The number of nitrogens with zero attached hydrogens (tertiary/aromatic N) is 2. The predicted molar refractivity (Wildman–Crippen MR) is 67.5 cm³/mol. The third-order valence-corrected chi connectivity index (χ3v) is 2.34. The number of nitrogens with one attached hydrogen (secondary N) is 1. The number of furan rings is 1. The summed E-state index contributed by atoms with van der Waals surface area (Å²) in [5, 5.41) is 3.84. The fraction of sp³-hybridized carbons (Fsp3) is 0.154. The van der Waals surface area contributed by atoms with E-state index in [-0.39, 0.29) is 5.91 Å². The molecule has 5 nitrogen and oxygen atoms in total. The standard InChI is InChI=1S/C13H13N3O2/c1-9-7-12(10(2)18-9)13(17)16-15-8-11-5-3-4-6-14-11/h3-8H,1-2H3,(H,16,17)/b15-8+. The smallest absolute Gasteiger partial charge is 0.274 e. The molecule has 0 spiro atoms. The molecule has 0 saturated heterocycles. The first-order valence-corrected chi connectivity index (χ1v) is 5.48. The zero-order valence-corrected chi connectivity index (χ0v) is 10.2. The molecule has 1 amide bonds. The maximum Gasteiger partial charge on any atom is 0.274 e. The van der Waals surface area contributed by atoms with Gasteiger partial charge in [0, 0.05) is 6.20 Å². The highest BCUT2D eigenvalue weighted by molar-refractivity contribution is 5.95. The Kier molecular flexibility index (Phi) is 3.52. The summed E-state index contributed by atoms with van der Waals surface area (Å²) >= 11 is 0. The lowest BCUT2D eigenvalue weighted by Crippen LogP contribution is -2.17. The van der Waals surface area contributed by atoms with Gasteiger partial charge < -0.3 is 4.42 Å². The van der Waals surface area contributed by atoms with E-state index < -0.39 is 0 Å². The van der Waals surface area contributed by atoms with Gasteiger partial charge in [0.05, 0.1) is 17.5 Å². The van der Waals surface area contributed by atoms with Gasteiger partial charge in [-0.2, -0.15) is 5.10 Å². The van der Waals surface area contributed by atoms with Gasteiger partial charge in [0.1, 0.15) is 11.5 Å². The van der Waals surface area contributed by atoms with E-state index >= 15 is 0 Å². The fourth-order valence-electron chi connectivity index (χ4n) is 1.53. The van der Waals surface area contributed by atoms with Crippen LogP contribution in [0.4, 0.5) is 0 Å². The van der Waals surface area contributed by atoms with Gasteiger partial charge in [0.25, 0.3) is 5.91 Å². The molecular formula is C13H13N3O2. The summed E-state index contributed by atoms with van der Waals surface area (Å²) in [7, 11) is 0. The van der Waals surface area contributed by atoms with Gasteiger partial charge in [-0.25, -0.2) is 5.43 Å². The van der Waals surface area contributed by atoms with Crippen LogP contribution in [0.25, 0.3) is 0 Å². The van der Waals surface area contributed by atoms with Crippen LogP contribution in [0.1, 0.15) is 27.6 Å². The monoisotopic (exact) mass is 243 g/mol. The lowest BCUT2D eigenvalue weighted by atomic mass is 10.2. The van der Waals surface area contributed by atoms with Gasteiger partial charge >= 0.3 is 0 Å². The maximum atomic E-state index is 11.8. The van der Waals surface area contributed by atoms with Crippen molar-refractivity contribution in [1.82, 2.24) is 10.4 Å². The number of rotatable bonds is 3. The van der Waals surface area contributed by atoms with Crippen LogP contribution in [0.5, 0.6) is 0 Å². The number of hydrazone groups is 1. The maximum absolute atomic E-state index is 11.8. The van der Waals surface area contributed by atoms with Crippen molar-refractivity contribution in [2.75, 3.05) is 0 Å². The topological polar surface area (TPSA) is 67.5 Å². The van der Waals surface area contributed by atoms with Crippen LogP contribution in [0, 0.1) is 13.8 Å². The van der Waals surface area contributed by atoms with E-state index in [0.717, 1.165) is 0 Å². The van der Waals surface area contributed by atoms with E-state index in [1.54, 1.807) is 32.2 Å². The first kappa shape index (κ1) is 12.0. The summed E-state index contributed by atoms with van der Waals surface area (Å²) in [6.07, 6.45) is 3.15. The molecule has 0 aliphatic heterocycles. The Hall–Kier alpha value is -2.43. The molecule has 0 aliphatic carbocycles. The molecule has 0 saturated carbocycles. The highest BCUT2D eigenvalue weighted by atomic mass is 16.3. The lowest BCUT2D eigenvalue weighted by molar-refractivity contribution is 0.0953. The minimum Gasteiger partial charge on any atom is -0.466 e. The number of carbonyl (C=O) groups is 1. The molecule has 0 fully saturated rings. The Morgan fingerprint density at radius 3 is 2.89 bits per heavy atom. The number of hydrogen-bond donors (Lipinski definition) is 1. The number of aromatic nitrogens is 1. The summed E-state index contributed by atoms with van der Waals surface area (Å²) in [5.41, 5.74) is 3.60. The normalized spacial score (nSPS) is 10.8. The molecule has 5 heteroatoms. The van der Waals surface area contributed by atoms with Gasteiger partial charge in [-0.1, -0.05) is 6.07 Å². The molecule has 2 heterocycles. The van der Waals surface area contributed by atoms with Crippen molar-refractivity contribution in [3.63, 3.8) is 0 Å². The predicted octanol–water partition coefficient (Wildman–Crippen LogP) is 2.06. The molecule has 0 bridgehead atoms. The highest BCUT2D eigenvalue weighted by Gasteiger charge is 2.12. The summed E-state index contributed by atoms with van der Waals surface area (Å²) in [6, 6.07) is 7.14.